The third-order valence-corrected chi connectivity index (χ3v) is 5.91. The van der Waals surface area contributed by atoms with E-state index in [1.165, 1.54) is 5.41 Å². The van der Waals surface area contributed by atoms with Crippen LogP contribution in [0.4, 0.5) is 5.69 Å². The van der Waals surface area contributed by atoms with Crippen molar-refractivity contribution in [3.8, 4) is 5.75 Å². The van der Waals surface area contributed by atoms with Crippen molar-refractivity contribution in [1.82, 2.24) is 0 Å². The monoisotopic (exact) mass is 335 g/mol. The van der Waals surface area contributed by atoms with Gasteiger partial charge < -0.3 is 9.64 Å². The van der Waals surface area contributed by atoms with Gasteiger partial charge in [0.05, 0.1) is 18.9 Å². The van der Waals surface area contributed by atoms with Gasteiger partial charge in [-0.15, -0.1) is 0 Å². The Morgan fingerprint density at radius 3 is 2.35 bits per heavy atom. The van der Waals surface area contributed by atoms with Gasteiger partial charge in [-0.2, -0.15) is 0 Å². The zero-order valence-electron chi connectivity index (χ0n) is 13.1. The summed E-state index contributed by atoms with van der Waals surface area (Å²) in [6.07, 6.45) is 5.51. The lowest BCUT2D eigenvalue weighted by Gasteiger charge is -2.30. The molecule has 5 nitrogen and oxygen atoms in total. The second-order valence-corrected chi connectivity index (χ2v) is 8.04. The maximum atomic E-state index is 13.0. The van der Waals surface area contributed by atoms with E-state index in [4.69, 9.17) is 4.74 Å². The molecule has 23 heavy (non-hydrogen) atoms. The summed E-state index contributed by atoms with van der Waals surface area (Å²) in [7, 11) is -1.63. The third kappa shape index (κ3) is 3.42. The Morgan fingerprint density at radius 1 is 1.17 bits per heavy atom. The normalized spacial score (nSPS) is 23.1. The number of amides is 1. The molecule has 0 N–H and O–H groups in total. The standard InChI is InChI=1S/C17H21NO4S/c1-22-16-8-6-14(7-9-16)18(15-10-11-23(20,21)12-15)17(19)13-4-2-3-5-13/h6-11,13,15H,2-5,12H2,1H3. The molecule has 1 atom stereocenters. The highest BCUT2D eigenvalue weighted by atomic mass is 32.2. The van der Waals surface area contributed by atoms with E-state index in [9.17, 15) is 13.2 Å². The van der Waals surface area contributed by atoms with Crippen LogP contribution in [0.1, 0.15) is 25.7 Å². The number of carbonyl (C=O) groups excluding carboxylic acids is 1. The average molecular weight is 335 g/mol. The summed E-state index contributed by atoms with van der Waals surface area (Å²) in [4.78, 5) is 14.6. The molecule has 0 saturated heterocycles. The maximum absolute atomic E-state index is 13.0. The molecule has 2 aliphatic rings. The Hall–Kier alpha value is -1.82. The van der Waals surface area contributed by atoms with Crippen LogP contribution in [0.3, 0.4) is 0 Å². The van der Waals surface area contributed by atoms with Crippen LogP contribution in [-0.2, 0) is 14.6 Å². The highest BCUT2D eigenvalue weighted by Gasteiger charge is 2.35. The van der Waals surface area contributed by atoms with E-state index >= 15 is 0 Å². The van der Waals surface area contributed by atoms with Crippen LogP contribution in [0.15, 0.2) is 35.7 Å². The Balaban J connectivity index is 1.92. The summed E-state index contributed by atoms with van der Waals surface area (Å²) in [5.41, 5.74) is 0.717. The summed E-state index contributed by atoms with van der Waals surface area (Å²) < 4.78 is 28.7. The van der Waals surface area contributed by atoms with E-state index in [1.54, 1.807) is 30.2 Å². The Morgan fingerprint density at radius 2 is 1.83 bits per heavy atom. The molecule has 0 spiro atoms. The SMILES string of the molecule is COc1ccc(N(C(=O)C2CCCC2)C2C=CS(=O)(=O)C2)cc1. The lowest BCUT2D eigenvalue weighted by atomic mass is 10.0. The number of benzene rings is 1. The summed E-state index contributed by atoms with van der Waals surface area (Å²) in [5.74, 6) is 0.683. The molecule has 1 aromatic carbocycles. The van der Waals surface area contributed by atoms with E-state index in [1.807, 2.05) is 12.1 Å². The third-order valence-electron chi connectivity index (χ3n) is 4.54. The number of carbonyl (C=O) groups is 1. The minimum atomic E-state index is -3.22. The molecule has 1 aliphatic carbocycles. The van der Waals surface area contributed by atoms with Gasteiger partial charge in [-0.3, -0.25) is 4.79 Å². The fourth-order valence-electron chi connectivity index (χ4n) is 3.31. The number of methoxy groups -OCH3 is 1. The molecule has 0 radical (unpaired) electrons. The molecule has 124 valence electrons. The summed E-state index contributed by atoms with van der Waals surface area (Å²) in [6, 6.07) is 6.77. The van der Waals surface area contributed by atoms with Crippen LogP contribution in [0.5, 0.6) is 5.75 Å². The van der Waals surface area contributed by atoms with Crippen molar-refractivity contribution >= 4 is 21.4 Å². The summed E-state index contributed by atoms with van der Waals surface area (Å²) in [6.45, 7) is 0. The molecule has 1 heterocycles. The van der Waals surface area contributed by atoms with Crippen molar-refractivity contribution in [3.63, 3.8) is 0 Å². The van der Waals surface area contributed by atoms with Gasteiger partial charge in [0.15, 0.2) is 9.84 Å². The van der Waals surface area contributed by atoms with Crippen molar-refractivity contribution in [1.29, 1.82) is 0 Å². The lowest BCUT2D eigenvalue weighted by molar-refractivity contribution is -0.122. The van der Waals surface area contributed by atoms with Gasteiger partial charge in [0.2, 0.25) is 5.91 Å². The van der Waals surface area contributed by atoms with Crippen molar-refractivity contribution < 1.29 is 17.9 Å². The fraction of sp³-hybridized carbons (Fsp3) is 0.471. The Bertz CT molecular complexity index is 703. The van der Waals surface area contributed by atoms with Crippen molar-refractivity contribution in [2.24, 2.45) is 5.92 Å². The molecular formula is C17H21NO4S. The zero-order valence-corrected chi connectivity index (χ0v) is 14.0. The van der Waals surface area contributed by atoms with E-state index < -0.39 is 15.9 Å². The van der Waals surface area contributed by atoms with Gasteiger partial charge >= 0.3 is 0 Å². The molecule has 1 unspecified atom stereocenters. The van der Waals surface area contributed by atoms with Crippen LogP contribution in [0, 0.1) is 5.92 Å². The van der Waals surface area contributed by atoms with Crippen LogP contribution in [0.25, 0.3) is 0 Å². The van der Waals surface area contributed by atoms with Gasteiger partial charge in [0, 0.05) is 17.0 Å². The largest absolute Gasteiger partial charge is 0.497 e. The van der Waals surface area contributed by atoms with E-state index in [-0.39, 0.29) is 17.6 Å². The van der Waals surface area contributed by atoms with Gasteiger partial charge in [-0.05, 0) is 43.2 Å². The van der Waals surface area contributed by atoms with Gasteiger partial charge in [0.25, 0.3) is 0 Å². The molecule has 1 amide bonds. The van der Waals surface area contributed by atoms with E-state index in [2.05, 4.69) is 0 Å². The predicted molar refractivity (Wildman–Crippen MR) is 89.2 cm³/mol. The minimum Gasteiger partial charge on any atom is -0.497 e. The molecular weight excluding hydrogens is 314 g/mol. The van der Waals surface area contributed by atoms with E-state index in [0.29, 0.717) is 5.75 Å². The number of ether oxygens (including phenoxy) is 1. The first kappa shape index (κ1) is 16.1. The Kier molecular flexibility index (Phi) is 4.43. The molecule has 0 aromatic heterocycles. The number of hydrogen-bond donors (Lipinski definition) is 0. The fourth-order valence-corrected chi connectivity index (χ4v) is 4.58. The van der Waals surface area contributed by atoms with Gasteiger partial charge in [-0.1, -0.05) is 12.8 Å². The van der Waals surface area contributed by atoms with Gasteiger partial charge in [0.1, 0.15) is 5.75 Å². The van der Waals surface area contributed by atoms with Crippen molar-refractivity contribution in [3.05, 3.63) is 35.7 Å². The average Bonchev–Trinajstić information content (AvgIpc) is 3.18. The minimum absolute atomic E-state index is 0.00574. The number of hydrogen-bond acceptors (Lipinski definition) is 4. The molecule has 1 saturated carbocycles. The zero-order chi connectivity index (χ0) is 16.4. The Labute approximate surface area is 136 Å². The molecule has 3 rings (SSSR count). The van der Waals surface area contributed by atoms with Crippen molar-refractivity contribution in [2.45, 2.75) is 31.7 Å². The van der Waals surface area contributed by atoms with E-state index in [0.717, 1.165) is 31.4 Å². The molecule has 1 aliphatic heterocycles. The summed E-state index contributed by atoms with van der Waals surface area (Å²) >= 11 is 0. The molecule has 6 heteroatoms. The number of anilines is 1. The second kappa shape index (κ2) is 6.35. The summed E-state index contributed by atoms with van der Waals surface area (Å²) in [5, 5.41) is 1.22. The first-order chi connectivity index (χ1) is 11.0. The topological polar surface area (TPSA) is 63.7 Å². The van der Waals surface area contributed by atoms with Crippen LogP contribution in [0.2, 0.25) is 0 Å². The second-order valence-electron chi connectivity index (χ2n) is 6.11. The number of sulfone groups is 1. The van der Waals surface area contributed by atoms with Crippen LogP contribution < -0.4 is 9.64 Å². The maximum Gasteiger partial charge on any atom is 0.230 e. The number of nitrogens with zero attached hydrogens (tertiary/aromatic N) is 1. The van der Waals surface area contributed by atoms with Crippen molar-refractivity contribution in [2.75, 3.05) is 17.8 Å². The quantitative estimate of drug-likeness (QED) is 0.848. The van der Waals surface area contributed by atoms with Gasteiger partial charge in [-0.25, -0.2) is 8.42 Å². The lowest BCUT2D eigenvalue weighted by Crippen LogP contribution is -2.44. The highest BCUT2D eigenvalue weighted by molar-refractivity contribution is 7.94. The molecule has 1 aromatic rings. The highest BCUT2D eigenvalue weighted by Crippen LogP contribution is 2.32. The number of rotatable bonds is 4. The predicted octanol–water partition coefficient (Wildman–Crippen LogP) is 2.53. The van der Waals surface area contributed by atoms with Crippen LogP contribution in [-0.4, -0.2) is 33.2 Å². The molecule has 1 fully saturated rings. The molecule has 0 bridgehead atoms. The van der Waals surface area contributed by atoms with Crippen LogP contribution >= 0.6 is 0 Å². The smallest absolute Gasteiger partial charge is 0.230 e. The first-order valence-electron chi connectivity index (χ1n) is 7.88. The first-order valence-corrected chi connectivity index (χ1v) is 9.60.